The highest BCUT2D eigenvalue weighted by molar-refractivity contribution is 5.14. The van der Waals surface area contributed by atoms with E-state index in [4.69, 9.17) is 9.52 Å². The Morgan fingerprint density at radius 2 is 2.55 bits per heavy atom. The summed E-state index contributed by atoms with van der Waals surface area (Å²) in [5.41, 5.74) is 0. The normalized spacial score (nSPS) is 28.8. The summed E-state index contributed by atoms with van der Waals surface area (Å²) < 4.78 is 5.25. The van der Waals surface area contributed by atoms with Crippen molar-refractivity contribution in [3.8, 4) is 0 Å². The minimum absolute atomic E-state index is 0.307. The molecule has 0 amide bonds. The van der Waals surface area contributed by atoms with Gasteiger partial charge < -0.3 is 9.52 Å². The molecule has 1 fully saturated rings. The van der Waals surface area contributed by atoms with E-state index in [9.17, 15) is 0 Å². The zero-order valence-electron chi connectivity index (χ0n) is 6.36. The van der Waals surface area contributed by atoms with Crippen LogP contribution in [0.1, 0.15) is 24.5 Å². The Hall–Kier alpha value is -0.760. The molecule has 11 heavy (non-hydrogen) atoms. The molecule has 1 aromatic rings. The van der Waals surface area contributed by atoms with E-state index in [0.29, 0.717) is 18.4 Å². The van der Waals surface area contributed by atoms with Gasteiger partial charge in [-0.05, 0) is 30.9 Å². The minimum Gasteiger partial charge on any atom is -0.469 e. The Labute approximate surface area is 65.8 Å². The Kier molecular flexibility index (Phi) is 1.70. The van der Waals surface area contributed by atoms with Crippen molar-refractivity contribution in [3.63, 3.8) is 0 Å². The molecule has 2 atom stereocenters. The lowest BCUT2D eigenvalue weighted by molar-refractivity contribution is 0.278. The fraction of sp³-hybridized carbons (Fsp3) is 0.556. The highest BCUT2D eigenvalue weighted by Crippen LogP contribution is 2.49. The van der Waals surface area contributed by atoms with Crippen LogP contribution < -0.4 is 0 Å². The average molecular weight is 152 g/mol. The van der Waals surface area contributed by atoms with Gasteiger partial charge in [0.25, 0.3) is 0 Å². The van der Waals surface area contributed by atoms with Crippen LogP contribution in [-0.2, 0) is 0 Å². The Balaban J connectivity index is 1.92. The fourth-order valence-corrected chi connectivity index (χ4v) is 1.58. The van der Waals surface area contributed by atoms with E-state index in [-0.39, 0.29) is 0 Å². The molecular formula is C9H12O2. The Morgan fingerprint density at radius 3 is 3.18 bits per heavy atom. The predicted molar refractivity (Wildman–Crippen MR) is 41.3 cm³/mol. The molecule has 60 valence electrons. The molecule has 0 radical (unpaired) electrons. The summed E-state index contributed by atoms with van der Waals surface area (Å²) in [5.74, 6) is 2.35. The second-order valence-corrected chi connectivity index (χ2v) is 3.13. The molecule has 0 spiro atoms. The number of rotatable bonds is 3. The van der Waals surface area contributed by atoms with E-state index < -0.39 is 0 Å². The van der Waals surface area contributed by atoms with E-state index >= 15 is 0 Å². The number of furan rings is 1. The highest BCUT2D eigenvalue weighted by Gasteiger charge is 2.39. The first-order valence-corrected chi connectivity index (χ1v) is 4.06. The fourth-order valence-electron chi connectivity index (χ4n) is 1.58. The second kappa shape index (κ2) is 2.70. The number of aliphatic hydroxyl groups is 1. The van der Waals surface area contributed by atoms with Gasteiger partial charge in [0.15, 0.2) is 0 Å². The summed E-state index contributed by atoms with van der Waals surface area (Å²) in [6.07, 6.45) is 3.82. The predicted octanol–water partition coefficient (Wildman–Crippen LogP) is 1.77. The lowest BCUT2D eigenvalue weighted by Gasteiger charge is -1.92. The molecule has 0 bridgehead atoms. The van der Waals surface area contributed by atoms with Crippen molar-refractivity contribution in [2.75, 3.05) is 6.61 Å². The molecule has 1 saturated carbocycles. The van der Waals surface area contributed by atoms with Crippen LogP contribution in [0.15, 0.2) is 22.8 Å². The van der Waals surface area contributed by atoms with Gasteiger partial charge in [-0.3, -0.25) is 0 Å². The Morgan fingerprint density at radius 1 is 1.64 bits per heavy atom. The zero-order valence-corrected chi connectivity index (χ0v) is 6.36. The van der Waals surface area contributed by atoms with Gasteiger partial charge in [0.05, 0.1) is 6.26 Å². The van der Waals surface area contributed by atoms with Crippen molar-refractivity contribution in [3.05, 3.63) is 24.2 Å². The van der Waals surface area contributed by atoms with Crippen LogP contribution in [0, 0.1) is 5.92 Å². The largest absolute Gasteiger partial charge is 0.469 e. The van der Waals surface area contributed by atoms with Gasteiger partial charge in [-0.2, -0.15) is 0 Å². The van der Waals surface area contributed by atoms with Gasteiger partial charge >= 0.3 is 0 Å². The summed E-state index contributed by atoms with van der Waals surface area (Å²) >= 11 is 0. The van der Waals surface area contributed by atoms with E-state index in [0.717, 1.165) is 12.2 Å². The lowest BCUT2D eigenvalue weighted by atomic mass is 10.2. The summed E-state index contributed by atoms with van der Waals surface area (Å²) in [6, 6.07) is 3.94. The van der Waals surface area contributed by atoms with Crippen LogP contribution in [0.2, 0.25) is 0 Å². The zero-order chi connectivity index (χ0) is 7.68. The van der Waals surface area contributed by atoms with Crippen molar-refractivity contribution in [2.45, 2.75) is 18.8 Å². The minimum atomic E-state index is 0.307. The quantitative estimate of drug-likeness (QED) is 0.716. The van der Waals surface area contributed by atoms with Crippen LogP contribution >= 0.6 is 0 Å². The molecule has 2 nitrogen and oxygen atoms in total. The molecule has 1 N–H and O–H groups in total. The van der Waals surface area contributed by atoms with Crippen molar-refractivity contribution in [2.24, 2.45) is 5.92 Å². The monoisotopic (exact) mass is 152 g/mol. The van der Waals surface area contributed by atoms with Gasteiger partial charge in [0.2, 0.25) is 0 Å². The summed E-state index contributed by atoms with van der Waals surface area (Å²) in [4.78, 5) is 0. The van der Waals surface area contributed by atoms with E-state index in [2.05, 4.69) is 0 Å². The van der Waals surface area contributed by atoms with Crippen molar-refractivity contribution < 1.29 is 9.52 Å². The van der Waals surface area contributed by atoms with Crippen molar-refractivity contribution in [1.82, 2.24) is 0 Å². The van der Waals surface area contributed by atoms with Crippen LogP contribution in [-0.4, -0.2) is 11.7 Å². The standard InChI is InChI=1S/C9H12O2/c10-4-3-7-6-8(7)9-2-1-5-11-9/h1-2,5,7-8,10H,3-4,6H2/t7-,8-/m0/s1. The maximum absolute atomic E-state index is 8.66. The molecule has 1 aliphatic carbocycles. The summed E-state index contributed by atoms with van der Waals surface area (Å²) in [5, 5.41) is 8.66. The van der Waals surface area contributed by atoms with Crippen LogP contribution in [0.4, 0.5) is 0 Å². The molecule has 0 unspecified atom stereocenters. The molecular weight excluding hydrogens is 140 g/mol. The van der Waals surface area contributed by atoms with Gasteiger partial charge in [0.1, 0.15) is 5.76 Å². The smallest absolute Gasteiger partial charge is 0.107 e. The molecule has 2 heteroatoms. The maximum atomic E-state index is 8.66. The third-order valence-corrected chi connectivity index (χ3v) is 2.33. The molecule has 1 aromatic heterocycles. The summed E-state index contributed by atoms with van der Waals surface area (Å²) in [7, 11) is 0. The SMILES string of the molecule is OCC[C@H]1C[C@@H]1c1ccco1. The number of aliphatic hydroxyl groups excluding tert-OH is 1. The first kappa shape index (κ1) is 6.92. The molecule has 1 aliphatic rings. The van der Waals surface area contributed by atoms with Crippen LogP contribution in [0.5, 0.6) is 0 Å². The van der Waals surface area contributed by atoms with E-state index in [1.165, 1.54) is 6.42 Å². The summed E-state index contributed by atoms with van der Waals surface area (Å²) in [6.45, 7) is 0.307. The van der Waals surface area contributed by atoms with Crippen LogP contribution in [0.3, 0.4) is 0 Å². The maximum Gasteiger partial charge on any atom is 0.107 e. The third kappa shape index (κ3) is 1.31. The third-order valence-electron chi connectivity index (χ3n) is 2.33. The molecule has 0 aromatic carbocycles. The molecule has 0 aliphatic heterocycles. The average Bonchev–Trinajstić information content (AvgIpc) is 2.61. The van der Waals surface area contributed by atoms with Gasteiger partial charge in [-0.15, -0.1) is 0 Å². The van der Waals surface area contributed by atoms with Gasteiger partial charge in [-0.1, -0.05) is 0 Å². The number of hydrogen-bond acceptors (Lipinski definition) is 2. The molecule has 0 saturated heterocycles. The van der Waals surface area contributed by atoms with Gasteiger partial charge in [-0.25, -0.2) is 0 Å². The molecule has 2 rings (SSSR count). The van der Waals surface area contributed by atoms with Crippen molar-refractivity contribution >= 4 is 0 Å². The van der Waals surface area contributed by atoms with Crippen LogP contribution in [0.25, 0.3) is 0 Å². The number of hydrogen-bond donors (Lipinski definition) is 1. The Bertz CT molecular complexity index is 215. The first-order valence-electron chi connectivity index (χ1n) is 4.06. The van der Waals surface area contributed by atoms with E-state index in [1.807, 2.05) is 12.1 Å². The topological polar surface area (TPSA) is 33.4 Å². The van der Waals surface area contributed by atoms with Crippen molar-refractivity contribution in [1.29, 1.82) is 0 Å². The molecule has 1 heterocycles. The highest BCUT2D eigenvalue weighted by atomic mass is 16.3. The first-order chi connectivity index (χ1) is 5.42. The second-order valence-electron chi connectivity index (χ2n) is 3.13. The van der Waals surface area contributed by atoms with Gasteiger partial charge in [0, 0.05) is 12.5 Å². The van der Waals surface area contributed by atoms with E-state index in [1.54, 1.807) is 6.26 Å². The lowest BCUT2D eigenvalue weighted by Crippen LogP contribution is -1.86.